The van der Waals surface area contributed by atoms with Gasteiger partial charge in [-0.15, -0.1) is 0 Å². The highest BCUT2D eigenvalue weighted by Crippen LogP contribution is 2.32. The Morgan fingerprint density at radius 2 is 1.97 bits per heavy atom. The van der Waals surface area contributed by atoms with Crippen LogP contribution < -0.4 is 11.1 Å². The summed E-state index contributed by atoms with van der Waals surface area (Å²) in [6, 6.07) is 13.9. The lowest BCUT2D eigenvalue weighted by Gasteiger charge is -2.12. The van der Waals surface area contributed by atoms with Gasteiger partial charge in [-0.05, 0) is 53.1 Å². The summed E-state index contributed by atoms with van der Waals surface area (Å²) < 4.78 is 27.1. The number of carbonyl (C=O) groups is 1. The number of fused-ring (bicyclic) bond motifs is 1. The predicted octanol–water partition coefficient (Wildman–Crippen LogP) is 5.60. The van der Waals surface area contributed by atoms with Crippen molar-refractivity contribution in [3.63, 3.8) is 0 Å². The van der Waals surface area contributed by atoms with Crippen LogP contribution in [0.25, 0.3) is 16.3 Å². The maximum atomic E-state index is 14.0. The molecule has 4 N–H and O–H groups in total. The van der Waals surface area contributed by atoms with Crippen LogP contribution in [0.2, 0.25) is 0 Å². The largest absolute Gasteiger partial charge is 0.382 e. The number of nitrogen functional groups attached to an aromatic ring is 1. The second-order valence-corrected chi connectivity index (χ2v) is 7.24. The monoisotopic (exact) mass is 430 g/mol. The number of halogens is 2. The lowest BCUT2D eigenvalue weighted by molar-refractivity contribution is 0.102. The van der Waals surface area contributed by atoms with Crippen molar-refractivity contribution < 1.29 is 13.6 Å². The molecule has 7 heteroatoms. The van der Waals surface area contributed by atoms with Crippen LogP contribution in [0.4, 0.5) is 20.3 Å². The Balaban J connectivity index is 1.74. The van der Waals surface area contributed by atoms with E-state index in [9.17, 15) is 13.6 Å². The van der Waals surface area contributed by atoms with E-state index in [0.717, 1.165) is 39.9 Å². The van der Waals surface area contributed by atoms with Gasteiger partial charge < -0.3 is 11.1 Å². The Morgan fingerprint density at radius 1 is 1.16 bits per heavy atom. The second-order valence-electron chi connectivity index (χ2n) is 7.24. The minimum absolute atomic E-state index is 0.0906. The van der Waals surface area contributed by atoms with Gasteiger partial charge in [-0.2, -0.15) is 5.10 Å². The van der Waals surface area contributed by atoms with Crippen molar-refractivity contribution >= 4 is 33.8 Å². The Hall–Kier alpha value is -4.26. The summed E-state index contributed by atoms with van der Waals surface area (Å²) in [4.78, 5) is 12.8. The number of aromatic nitrogens is 2. The highest BCUT2D eigenvalue weighted by Gasteiger charge is 2.17. The van der Waals surface area contributed by atoms with Crippen LogP contribution in [0.1, 0.15) is 27.2 Å². The molecule has 0 aliphatic rings. The van der Waals surface area contributed by atoms with Crippen molar-refractivity contribution in [2.75, 3.05) is 11.1 Å². The number of aromatic amines is 1. The molecule has 1 heterocycles. The van der Waals surface area contributed by atoms with Crippen LogP contribution in [-0.2, 0) is 0 Å². The molecule has 0 unspecified atom stereocenters. The smallest absolute Gasteiger partial charge is 0.256 e. The van der Waals surface area contributed by atoms with Crippen LogP contribution in [0.5, 0.6) is 0 Å². The van der Waals surface area contributed by atoms with Gasteiger partial charge in [-0.1, -0.05) is 43.0 Å². The molecule has 0 fully saturated rings. The topological polar surface area (TPSA) is 83.8 Å². The first-order valence-corrected chi connectivity index (χ1v) is 9.82. The highest BCUT2D eigenvalue weighted by molar-refractivity contribution is 6.13. The first kappa shape index (κ1) is 21.0. The van der Waals surface area contributed by atoms with E-state index in [1.165, 1.54) is 6.07 Å². The molecule has 0 atom stereocenters. The lowest BCUT2D eigenvalue weighted by Crippen LogP contribution is -2.13. The molecule has 4 rings (SSSR count). The molecule has 0 bridgehead atoms. The number of hydrogen-bond donors (Lipinski definition) is 3. The van der Waals surface area contributed by atoms with Crippen molar-refractivity contribution in [1.82, 2.24) is 10.2 Å². The molecule has 1 amide bonds. The Labute approximate surface area is 183 Å². The summed E-state index contributed by atoms with van der Waals surface area (Å²) in [5, 5.41) is 11.0. The first-order chi connectivity index (χ1) is 15.4. The van der Waals surface area contributed by atoms with Crippen molar-refractivity contribution in [2.45, 2.75) is 6.92 Å². The molecule has 0 aliphatic heterocycles. The maximum absolute atomic E-state index is 14.0. The molecule has 160 valence electrons. The zero-order valence-corrected chi connectivity index (χ0v) is 17.2. The molecule has 0 saturated carbocycles. The minimum atomic E-state index is -0.840. The van der Waals surface area contributed by atoms with E-state index in [0.29, 0.717) is 16.8 Å². The molecular weight excluding hydrogens is 410 g/mol. The number of anilines is 2. The van der Waals surface area contributed by atoms with Gasteiger partial charge in [0.1, 0.15) is 11.6 Å². The number of benzene rings is 3. The van der Waals surface area contributed by atoms with Gasteiger partial charge in [0.25, 0.3) is 5.91 Å². The average molecular weight is 430 g/mol. The summed E-state index contributed by atoms with van der Waals surface area (Å²) in [6.07, 6.45) is 3.52. The summed E-state index contributed by atoms with van der Waals surface area (Å²) in [6.45, 7) is 5.68. The number of nitrogens with zero attached hydrogens (tertiary/aromatic N) is 1. The van der Waals surface area contributed by atoms with Crippen LogP contribution in [-0.4, -0.2) is 16.1 Å². The molecular formula is C25H20F2N4O. The number of nitrogens with two attached hydrogens (primary N) is 1. The van der Waals surface area contributed by atoms with E-state index in [2.05, 4.69) is 22.1 Å². The zero-order chi connectivity index (χ0) is 22.8. The van der Waals surface area contributed by atoms with E-state index in [4.69, 9.17) is 5.73 Å². The summed E-state index contributed by atoms with van der Waals surface area (Å²) >= 11 is 0. The molecule has 1 aromatic heterocycles. The lowest BCUT2D eigenvalue weighted by atomic mass is 9.93. The number of allylic oxidation sites excluding steroid dienone is 2. The minimum Gasteiger partial charge on any atom is -0.382 e. The predicted molar refractivity (Wildman–Crippen MR) is 123 cm³/mol. The highest BCUT2D eigenvalue weighted by atomic mass is 19.1. The number of rotatable bonds is 5. The van der Waals surface area contributed by atoms with Gasteiger partial charge in [-0.25, -0.2) is 8.78 Å². The summed E-state index contributed by atoms with van der Waals surface area (Å²) in [5.41, 5.74) is 9.65. The Morgan fingerprint density at radius 3 is 2.66 bits per heavy atom. The van der Waals surface area contributed by atoms with E-state index >= 15 is 0 Å². The van der Waals surface area contributed by atoms with Gasteiger partial charge in [-0.3, -0.25) is 9.89 Å². The maximum Gasteiger partial charge on any atom is 0.256 e. The molecule has 32 heavy (non-hydrogen) atoms. The molecule has 5 nitrogen and oxygen atoms in total. The molecule has 3 aromatic carbocycles. The Kier molecular flexibility index (Phi) is 5.55. The van der Waals surface area contributed by atoms with Crippen molar-refractivity contribution in [1.29, 1.82) is 0 Å². The van der Waals surface area contributed by atoms with E-state index in [-0.39, 0.29) is 5.69 Å². The standard InChI is InChI=1S/C25H20F2N4O/c1-3-5-19(23-14(2)30-31-24(23)28)16-8-10-18-15(12-16)6-4-7-20(18)25(32)29-22-11-9-17(26)13-21(22)27/h3-13H,1H2,2H3,(H,29,32)(H3,28,30,31)/b19-5-. The SMILES string of the molecule is C=C/C=C(/c1ccc2c(C(=O)Nc3ccc(F)cc3F)cccc2c1)c1c(N)n[nH]c1C. The fourth-order valence-electron chi connectivity index (χ4n) is 3.66. The average Bonchev–Trinajstić information content (AvgIpc) is 3.11. The van der Waals surface area contributed by atoms with Crippen molar-refractivity contribution in [3.05, 3.63) is 107 Å². The third-order valence-corrected chi connectivity index (χ3v) is 5.14. The van der Waals surface area contributed by atoms with E-state index in [1.807, 2.05) is 37.3 Å². The molecule has 0 aliphatic carbocycles. The molecule has 0 saturated heterocycles. The van der Waals surface area contributed by atoms with E-state index < -0.39 is 17.5 Å². The van der Waals surface area contributed by atoms with E-state index in [1.54, 1.807) is 18.2 Å². The summed E-state index contributed by atoms with van der Waals surface area (Å²) in [7, 11) is 0. The van der Waals surface area contributed by atoms with Crippen molar-refractivity contribution in [3.8, 4) is 0 Å². The van der Waals surface area contributed by atoms with Crippen LogP contribution in [0, 0.1) is 18.6 Å². The quantitative estimate of drug-likeness (QED) is 0.360. The molecule has 4 aromatic rings. The Bertz CT molecular complexity index is 1370. The zero-order valence-electron chi connectivity index (χ0n) is 17.2. The molecule has 0 radical (unpaired) electrons. The van der Waals surface area contributed by atoms with Crippen LogP contribution in [0.15, 0.2) is 73.3 Å². The first-order valence-electron chi connectivity index (χ1n) is 9.82. The fourth-order valence-corrected chi connectivity index (χ4v) is 3.66. The fraction of sp³-hybridized carbons (Fsp3) is 0.0400. The van der Waals surface area contributed by atoms with Gasteiger partial charge in [0.2, 0.25) is 0 Å². The molecule has 0 spiro atoms. The van der Waals surface area contributed by atoms with Crippen molar-refractivity contribution in [2.24, 2.45) is 0 Å². The second kappa shape index (κ2) is 8.47. The third-order valence-electron chi connectivity index (χ3n) is 5.14. The summed E-state index contributed by atoms with van der Waals surface area (Å²) in [5.74, 6) is -1.67. The van der Waals surface area contributed by atoms with Crippen LogP contribution in [0.3, 0.4) is 0 Å². The van der Waals surface area contributed by atoms with Gasteiger partial charge >= 0.3 is 0 Å². The number of aryl methyl sites for hydroxylation is 1. The number of H-pyrrole nitrogens is 1. The van der Waals surface area contributed by atoms with Gasteiger partial charge in [0.05, 0.1) is 5.69 Å². The number of carbonyl (C=O) groups excluding carboxylic acids is 1. The third kappa shape index (κ3) is 3.88. The van der Waals surface area contributed by atoms with Gasteiger partial charge in [0.15, 0.2) is 5.82 Å². The number of hydrogen-bond acceptors (Lipinski definition) is 3. The number of amides is 1. The normalized spacial score (nSPS) is 11.5. The number of nitrogens with one attached hydrogen (secondary N) is 2. The van der Waals surface area contributed by atoms with Crippen LogP contribution >= 0.6 is 0 Å². The van der Waals surface area contributed by atoms with Gasteiger partial charge in [0, 0.05) is 22.9 Å².